The van der Waals surface area contributed by atoms with E-state index in [1.807, 2.05) is 31.2 Å². The Kier molecular flexibility index (Phi) is 6.51. The number of carbonyl (C=O) groups excluding carboxylic acids is 1. The number of amides is 1. The smallest absolute Gasteiger partial charge is 0.389 e. The van der Waals surface area contributed by atoms with E-state index in [0.29, 0.717) is 36.0 Å². The fraction of sp³-hybridized carbons (Fsp3) is 0.385. The van der Waals surface area contributed by atoms with E-state index in [0.717, 1.165) is 16.7 Å². The number of nitrogens with one attached hydrogen (secondary N) is 1. The first-order valence-electron chi connectivity index (χ1n) is 11.2. The van der Waals surface area contributed by atoms with Gasteiger partial charge in [-0.05, 0) is 54.5 Å². The molecule has 2 aromatic carbocycles. The second kappa shape index (κ2) is 9.24. The number of fused-ring (bicyclic) bond motifs is 2. The predicted octanol–water partition coefficient (Wildman–Crippen LogP) is 5.67. The third-order valence-electron chi connectivity index (χ3n) is 6.45. The summed E-state index contributed by atoms with van der Waals surface area (Å²) in [6.07, 6.45) is -2.57. The Morgan fingerprint density at radius 2 is 1.91 bits per heavy atom. The highest BCUT2D eigenvalue weighted by Crippen LogP contribution is 2.48. The normalized spacial score (nSPS) is 20.2. The standard InChI is InChI=1S/C26H26F4N2O2/c1-16-4-6-17(7-5-16)19-14-25(32-24(33)20(19)15-31-2)12-10-18-21(25)8-9-22(23(18)27)34-13-3-11-26(28,29)30/h4-9,15H,3,10-14H2,1-2H3,(H,32,33)/t25-/m0/s1. The summed E-state index contributed by atoms with van der Waals surface area (Å²) in [5.74, 6) is -0.904. The lowest BCUT2D eigenvalue weighted by atomic mass is 9.78. The number of halogens is 4. The van der Waals surface area contributed by atoms with E-state index in [1.165, 1.54) is 6.07 Å². The van der Waals surface area contributed by atoms with Crippen LogP contribution in [0, 0.1) is 12.7 Å². The molecule has 4 nitrogen and oxygen atoms in total. The van der Waals surface area contributed by atoms with Crippen molar-refractivity contribution >= 4 is 17.7 Å². The van der Waals surface area contributed by atoms with Gasteiger partial charge in [0.25, 0.3) is 5.91 Å². The molecule has 0 bridgehead atoms. The van der Waals surface area contributed by atoms with Crippen LogP contribution < -0.4 is 10.1 Å². The number of benzene rings is 2. The molecule has 0 saturated heterocycles. The van der Waals surface area contributed by atoms with Gasteiger partial charge in [-0.15, -0.1) is 0 Å². The van der Waals surface area contributed by atoms with E-state index in [2.05, 4.69) is 10.3 Å². The topological polar surface area (TPSA) is 50.7 Å². The molecule has 0 aromatic heterocycles. The highest BCUT2D eigenvalue weighted by Gasteiger charge is 2.46. The first kappa shape index (κ1) is 24.0. The number of rotatable bonds is 6. The molecule has 1 atom stereocenters. The minimum Gasteiger partial charge on any atom is -0.491 e. The van der Waals surface area contributed by atoms with E-state index < -0.39 is 24.0 Å². The Bertz CT molecular complexity index is 1150. The molecule has 1 heterocycles. The van der Waals surface area contributed by atoms with Gasteiger partial charge in [0.15, 0.2) is 11.6 Å². The Balaban J connectivity index is 1.64. The molecular formula is C26H26F4N2O2. The summed E-state index contributed by atoms with van der Waals surface area (Å²) >= 11 is 0. The molecule has 0 radical (unpaired) electrons. The second-order valence-electron chi connectivity index (χ2n) is 8.83. The Labute approximate surface area is 195 Å². The van der Waals surface area contributed by atoms with Crippen LogP contribution in [0.3, 0.4) is 0 Å². The summed E-state index contributed by atoms with van der Waals surface area (Å²) in [6.45, 7) is 1.76. The summed E-state index contributed by atoms with van der Waals surface area (Å²) in [4.78, 5) is 17.2. The fourth-order valence-electron chi connectivity index (χ4n) is 4.79. The van der Waals surface area contributed by atoms with E-state index in [-0.39, 0.29) is 24.7 Å². The fourth-order valence-corrected chi connectivity index (χ4v) is 4.79. The van der Waals surface area contributed by atoms with E-state index in [1.54, 1.807) is 19.3 Å². The van der Waals surface area contributed by atoms with Crippen molar-refractivity contribution in [2.75, 3.05) is 13.7 Å². The number of hydrogen-bond acceptors (Lipinski definition) is 3. The lowest BCUT2D eigenvalue weighted by Crippen LogP contribution is -2.48. The van der Waals surface area contributed by atoms with Gasteiger partial charge in [-0.1, -0.05) is 35.9 Å². The van der Waals surface area contributed by atoms with Crippen LogP contribution in [-0.2, 0) is 16.8 Å². The van der Waals surface area contributed by atoms with Crippen LogP contribution in [0.2, 0.25) is 0 Å². The molecule has 0 saturated carbocycles. The van der Waals surface area contributed by atoms with E-state index in [9.17, 15) is 18.0 Å². The van der Waals surface area contributed by atoms with Gasteiger partial charge in [0.05, 0.1) is 17.7 Å². The van der Waals surface area contributed by atoms with Gasteiger partial charge in [-0.3, -0.25) is 9.79 Å². The largest absolute Gasteiger partial charge is 0.491 e. The lowest BCUT2D eigenvalue weighted by Gasteiger charge is -2.37. The molecule has 180 valence electrons. The van der Waals surface area contributed by atoms with Crippen molar-refractivity contribution in [2.24, 2.45) is 4.99 Å². The molecule has 1 aliphatic carbocycles. The van der Waals surface area contributed by atoms with Crippen molar-refractivity contribution in [3.63, 3.8) is 0 Å². The SMILES string of the molecule is CN=CC1=C(c2ccc(C)cc2)C[C@]2(CCc3c2ccc(OCCCC(F)(F)F)c3F)NC1=O. The van der Waals surface area contributed by atoms with Crippen LogP contribution in [0.1, 0.15) is 47.9 Å². The molecule has 1 amide bonds. The van der Waals surface area contributed by atoms with Crippen molar-refractivity contribution in [3.8, 4) is 5.75 Å². The Morgan fingerprint density at radius 1 is 1.18 bits per heavy atom. The third kappa shape index (κ3) is 4.72. The number of alkyl halides is 3. The summed E-state index contributed by atoms with van der Waals surface area (Å²) in [7, 11) is 1.61. The molecule has 2 aromatic rings. The molecule has 2 aliphatic rings. The number of nitrogens with zero attached hydrogens (tertiary/aromatic N) is 1. The van der Waals surface area contributed by atoms with Crippen molar-refractivity contribution < 1.29 is 27.1 Å². The summed E-state index contributed by atoms with van der Waals surface area (Å²) in [6, 6.07) is 11.1. The number of ether oxygens (including phenoxy) is 1. The van der Waals surface area contributed by atoms with Crippen molar-refractivity contribution in [3.05, 3.63) is 70.0 Å². The van der Waals surface area contributed by atoms with Crippen molar-refractivity contribution in [1.29, 1.82) is 0 Å². The van der Waals surface area contributed by atoms with Crippen LogP contribution >= 0.6 is 0 Å². The van der Waals surface area contributed by atoms with Crippen LogP contribution in [-0.4, -0.2) is 32.0 Å². The number of hydrogen-bond donors (Lipinski definition) is 1. The van der Waals surface area contributed by atoms with Crippen molar-refractivity contribution in [1.82, 2.24) is 5.32 Å². The van der Waals surface area contributed by atoms with Gasteiger partial charge >= 0.3 is 6.18 Å². The van der Waals surface area contributed by atoms with Crippen molar-refractivity contribution in [2.45, 2.75) is 50.7 Å². The van der Waals surface area contributed by atoms with Gasteiger partial charge in [-0.25, -0.2) is 4.39 Å². The molecule has 8 heteroatoms. The van der Waals surface area contributed by atoms with Crippen LogP contribution in [0.4, 0.5) is 17.6 Å². The minimum atomic E-state index is -4.27. The van der Waals surface area contributed by atoms with E-state index in [4.69, 9.17) is 4.74 Å². The number of aliphatic imine (C=N–C) groups is 1. The van der Waals surface area contributed by atoms with Gasteiger partial charge in [0.2, 0.25) is 0 Å². The molecular weight excluding hydrogens is 448 g/mol. The second-order valence-corrected chi connectivity index (χ2v) is 8.83. The zero-order valence-corrected chi connectivity index (χ0v) is 19.1. The molecule has 1 spiro atoms. The third-order valence-corrected chi connectivity index (χ3v) is 6.45. The average molecular weight is 474 g/mol. The van der Waals surface area contributed by atoms with Gasteiger partial charge in [0.1, 0.15) is 0 Å². The minimum absolute atomic E-state index is 0.0618. The number of carbonyl (C=O) groups is 1. The molecule has 1 aliphatic heterocycles. The van der Waals surface area contributed by atoms with Gasteiger partial charge in [-0.2, -0.15) is 13.2 Å². The molecule has 34 heavy (non-hydrogen) atoms. The van der Waals surface area contributed by atoms with Gasteiger partial charge < -0.3 is 10.1 Å². The molecule has 1 N–H and O–H groups in total. The first-order chi connectivity index (χ1) is 16.1. The van der Waals surface area contributed by atoms with Crippen LogP contribution in [0.15, 0.2) is 47.0 Å². The Hall–Kier alpha value is -3.16. The quantitative estimate of drug-likeness (QED) is 0.333. The lowest BCUT2D eigenvalue weighted by molar-refractivity contribution is -0.136. The van der Waals surface area contributed by atoms with Crippen LogP contribution in [0.5, 0.6) is 5.75 Å². The molecule has 0 fully saturated rings. The highest BCUT2D eigenvalue weighted by atomic mass is 19.4. The summed E-state index contributed by atoms with van der Waals surface area (Å²) in [5.41, 5.74) is 3.68. The molecule has 4 rings (SSSR count). The maximum Gasteiger partial charge on any atom is 0.389 e. The first-order valence-corrected chi connectivity index (χ1v) is 11.2. The molecule has 0 unspecified atom stereocenters. The summed E-state index contributed by atoms with van der Waals surface area (Å²) in [5, 5.41) is 3.09. The number of aryl methyl sites for hydroxylation is 1. The summed E-state index contributed by atoms with van der Waals surface area (Å²) < 4.78 is 57.6. The maximum absolute atomic E-state index is 15.2. The van der Waals surface area contributed by atoms with Gasteiger partial charge in [0, 0.05) is 26.1 Å². The van der Waals surface area contributed by atoms with Crippen LogP contribution in [0.25, 0.3) is 5.57 Å². The maximum atomic E-state index is 15.2. The predicted molar refractivity (Wildman–Crippen MR) is 122 cm³/mol. The highest BCUT2D eigenvalue weighted by molar-refractivity contribution is 6.19. The zero-order valence-electron chi connectivity index (χ0n) is 19.1. The average Bonchev–Trinajstić information content (AvgIpc) is 3.12. The monoisotopic (exact) mass is 474 g/mol. The zero-order chi connectivity index (χ0) is 24.5. The Morgan fingerprint density at radius 3 is 2.59 bits per heavy atom. The van der Waals surface area contributed by atoms with E-state index >= 15 is 4.39 Å².